The van der Waals surface area contributed by atoms with Crippen molar-refractivity contribution in [1.82, 2.24) is 9.97 Å². The Morgan fingerprint density at radius 3 is 2.52 bits per heavy atom. The average Bonchev–Trinajstić information content (AvgIpc) is 2.50. The van der Waals surface area contributed by atoms with Gasteiger partial charge in [0.2, 0.25) is 5.95 Å². The average molecular weight is 311 g/mol. The molecule has 0 radical (unpaired) electrons. The van der Waals surface area contributed by atoms with Crippen molar-refractivity contribution in [3.8, 4) is 0 Å². The fourth-order valence-electron chi connectivity index (χ4n) is 3.16. The van der Waals surface area contributed by atoms with Crippen molar-refractivity contribution in [1.29, 1.82) is 0 Å². The normalized spacial score (nSPS) is 26.7. The van der Waals surface area contributed by atoms with Crippen molar-refractivity contribution in [2.24, 2.45) is 0 Å². The van der Waals surface area contributed by atoms with Crippen LogP contribution in [0.3, 0.4) is 0 Å². The van der Waals surface area contributed by atoms with E-state index in [9.17, 15) is 5.11 Å². The van der Waals surface area contributed by atoms with Gasteiger partial charge in [-0.2, -0.15) is 4.98 Å². The molecule has 1 aromatic heterocycles. The molecule has 2 heterocycles. The molecule has 0 atom stereocenters. The van der Waals surface area contributed by atoms with Gasteiger partial charge in [-0.25, -0.2) is 4.98 Å². The number of nitrogens with zero attached hydrogens (tertiary/aromatic N) is 3. The highest BCUT2D eigenvalue weighted by Gasteiger charge is 2.21. The molecule has 1 saturated carbocycles. The number of rotatable bonds is 3. The second kappa shape index (κ2) is 6.79. The summed E-state index contributed by atoms with van der Waals surface area (Å²) in [5.74, 6) is 1.54. The van der Waals surface area contributed by atoms with Gasteiger partial charge in [-0.1, -0.05) is 11.6 Å². The molecular weight excluding hydrogens is 288 g/mol. The summed E-state index contributed by atoms with van der Waals surface area (Å²) in [6.45, 7) is 2.09. The van der Waals surface area contributed by atoms with E-state index in [0.717, 1.165) is 44.6 Å². The topological polar surface area (TPSA) is 61.3 Å². The van der Waals surface area contributed by atoms with Gasteiger partial charge in [-0.05, 0) is 44.9 Å². The van der Waals surface area contributed by atoms with Crippen LogP contribution >= 0.6 is 11.6 Å². The quantitative estimate of drug-likeness (QED) is 0.841. The van der Waals surface area contributed by atoms with Crippen LogP contribution in [0.1, 0.15) is 44.9 Å². The zero-order chi connectivity index (χ0) is 14.7. The molecule has 1 aliphatic carbocycles. The first kappa shape index (κ1) is 14.9. The molecule has 21 heavy (non-hydrogen) atoms. The number of aliphatic hydroxyl groups is 1. The number of halogens is 1. The van der Waals surface area contributed by atoms with Crippen LogP contribution in [0.5, 0.6) is 0 Å². The third-order valence-corrected chi connectivity index (χ3v) is 4.58. The van der Waals surface area contributed by atoms with Gasteiger partial charge in [-0.3, -0.25) is 0 Å². The van der Waals surface area contributed by atoms with Crippen LogP contribution in [0.25, 0.3) is 0 Å². The van der Waals surface area contributed by atoms with Gasteiger partial charge < -0.3 is 15.3 Å². The minimum atomic E-state index is -0.146. The van der Waals surface area contributed by atoms with E-state index in [1.165, 1.54) is 19.3 Å². The summed E-state index contributed by atoms with van der Waals surface area (Å²) in [5, 5.41) is 13.4. The summed E-state index contributed by atoms with van der Waals surface area (Å²) >= 11 is 6.15. The fourth-order valence-corrected chi connectivity index (χ4v) is 3.34. The molecule has 2 aliphatic rings. The zero-order valence-electron chi connectivity index (χ0n) is 12.3. The number of hydrogen-bond donors (Lipinski definition) is 2. The summed E-state index contributed by atoms with van der Waals surface area (Å²) in [5.41, 5.74) is 0. The molecule has 0 spiro atoms. The first-order valence-electron chi connectivity index (χ1n) is 7.95. The lowest BCUT2D eigenvalue weighted by Crippen LogP contribution is -2.31. The second-order valence-corrected chi connectivity index (χ2v) is 6.46. The Morgan fingerprint density at radius 1 is 1.10 bits per heavy atom. The molecule has 0 bridgehead atoms. The number of hydrogen-bond acceptors (Lipinski definition) is 5. The van der Waals surface area contributed by atoms with Gasteiger partial charge in [-0.15, -0.1) is 0 Å². The Kier molecular flexibility index (Phi) is 4.80. The summed E-state index contributed by atoms with van der Waals surface area (Å²) < 4.78 is 0. The molecular formula is C15H23ClN4O. The third-order valence-electron chi connectivity index (χ3n) is 4.39. The van der Waals surface area contributed by atoms with E-state index in [1.807, 2.05) is 6.07 Å². The number of aromatic nitrogens is 2. The van der Waals surface area contributed by atoms with Crippen molar-refractivity contribution >= 4 is 23.4 Å². The van der Waals surface area contributed by atoms with Gasteiger partial charge in [0.15, 0.2) is 0 Å². The molecule has 1 aliphatic heterocycles. The van der Waals surface area contributed by atoms with E-state index in [2.05, 4.69) is 20.2 Å². The molecule has 5 nitrogen and oxygen atoms in total. The predicted molar refractivity (Wildman–Crippen MR) is 85.0 cm³/mol. The van der Waals surface area contributed by atoms with Gasteiger partial charge in [0.05, 0.1) is 6.10 Å². The van der Waals surface area contributed by atoms with Gasteiger partial charge >= 0.3 is 0 Å². The van der Waals surface area contributed by atoms with Crippen molar-refractivity contribution in [2.45, 2.75) is 57.1 Å². The van der Waals surface area contributed by atoms with Crippen LogP contribution in [-0.4, -0.2) is 40.3 Å². The monoisotopic (exact) mass is 310 g/mol. The summed E-state index contributed by atoms with van der Waals surface area (Å²) in [6.07, 6.45) is 7.17. The summed E-state index contributed by atoms with van der Waals surface area (Å²) in [7, 11) is 0. The number of anilines is 2. The SMILES string of the molecule is OC1CCC(Nc2nc(Cl)cc(N3CCCCC3)n2)CC1. The highest BCUT2D eigenvalue weighted by molar-refractivity contribution is 6.29. The van der Waals surface area contributed by atoms with E-state index < -0.39 is 0 Å². The summed E-state index contributed by atoms with van der Waals surface area (Å²) in [6, 6.07) is 2.18. The van der Waals surface area contributed by atoms with Crippen LogP contribution in [0, 0.1) is 0 Å². The first-order valence-corrected chi connectivity index (χ1v) is 8.32. The molecule has 0 amide bonds. The predicted octanol–water partition coefficient (Wildman–Crippen LogP) is 2.84. The Balaban J connectivity index is 1.68. The molecule has 0 unspecified atom stereocenters. The standard InChI is InChI=1S/C15H23ClN4O/c16-13-10-14(20-8-2-1-3-9-20)19-15(18-13)17-11-4-6-12(21)7-5-11/h10-12,21H,1-9H2,(H,17,18,19). The van der Waals surface area contributed by atoms with E-state index in [0.29, 0.717) is 17.1 Å². The molecule has 3 rings (SSSR count). The molecule has 2 fully saturated rings. The van der Waals surface area contributed by atoms with Crippen LogP contribution in [0.15, 0.2) is 6.07 Å². The van der Waals surface area contributed by atoms with Crippen LogP contribution in [0.4, 0.5) is 11.8 Å². The molecule has 1 aromatic rings. The largest absolute Gasteiger partial charge is 0.393 e. The van der Waals surface area contributed by atoms with Crippen LogP contribution < -0.4 is 10.2 Å². The lowest BCUT2D eigenvalue weighted by molar-refractivity contribution is 0.126. The van der Waals surface area contributed by atoms with Crippen molar-refractivity contribution < 1.29 is 5.11 Å². The summed E-state index contributed by atoms with van der Waals surface area (Å²) in [4.78, 5) is 11.2. The van der Waals surface area contributed by atoms with Crippen molar-refractivity contribution in [3.05, 3.63) is 11.2 Å². The van der Waals surface area contributed by atoms with Gasteiger partial charge in [0.1, 0.15) is 11.0 Å². The van der Waals surface area contributed by atoms with E-state index >= 15 is 0 Å². The molecule has 6 heteroatoms. The minimum Gasteiger partial charge on any atom is -0.393 e. The Morgan fingerprint density at radius 2 is 1.81 bits per heavy atom. The van der Waals surface area contributed by atoms with E-state index in [1.54, 1.807) is 0 Å². The third kappa shape index (κ3) is 3.98. The molecule has 1 saturated heterocycles. The van der Waals surface area contributed by atoms with Crippen LogP contribution in [-0.2, 0) is 0 Å². The number of aliphatic hydroxyl groups excluding tert-OH is 1. The smallest absolute Gasteiger partial charge is 0.226 e. The lowest BCUT2D eigenvalue weighted by Gasteiger charge is -2.29. The zero-order valence-corrected chi connectivity index (χ0v) is 13.0. The maximum absolute atomic E-state index is 9.56. The van der Waals surface area contributed by atoms with Gasteiger partial charge in [0.25, 0.3) is 0 Å². The highest BCUT2D eigenvalue weighted by atomic mass is 35.5. The van der Waals surface area contributed by atoms with Crippen molar-refractivity contribution in [2.75, 3.05) is 23.3 Å². The van der Waals surface area contributed by atoms with E-state index in [4.69, 9.17) is 11.6 Å². The number of nitrogens with one attached hydrogen (secondary N) is 1. The second-order valence-electron chi connectivity index (χ2n) is 6.07. The van der Waals surface area contributed by atoms with E-state index in [-0.39, 0.29) is 6.10 Å². The van der Waals surface area contributed by atoms with Gasteiger partial charge in [0, 0.05) is 25.2 Å². The molecule has 116 valence electrons. The molecule has 2 N–H and O–H groups in total. The fraction of sp³-hybridized carbons (Fsp3) is 0.733. The first-order chi connectivity index (χ1) is 10.2. The number of piperidine rings is 1. The highest BCUT2D eigenvalue weighted by Crippen LogP contribution is 2.25. The maximum Gasteiger partial charge on any atom is 0.226 e. The molecule has 0 aromatic carbocycles. The van der Waals surface area contributed by atoms with Crippen molar-refractivity contribution in [3.63, 3.8) is 0 Å². The Bertz CT molecular complexity index is 471. The Hall–Kier alpha value is -1.07. The Labute approximate surface area is 130 Å². The lowest BCUT2D eigenvalue weighted by atomic mass is 9.93. The minimum absolute atomic E-state index is 0.146. The maximum atomic E-state index is 9.56. The van der Waals surface area contributed by atoms with Crippen LogP contribution in [0.2, 0.25) is 5.15 Å².